The van der Waals surface area contributed by atoms with Gasteiger partial charge in [-0.25, -0.2) is 0 Å². The van der Waals surface area contributed by atoms with Crippen LogP contribution in [0.3, 0.4) is 0 Å². The van der Waals surface area contributed by atoms with Crippen molar-refractivity contribution in [3.05, 3.63) is 35.4 Å². The Morgan fingerprint density at radius 2 is 2.00 bits per heavy atom. The summed E-state index contributed by atoms with van der Waals surface area (Å²) >= 11 is 1.54. The zero-order valence-electron chi connectivity index (χ0n) is 12.2. The predicted molar refractivity (Wildman–Crippen MR) is 96.5 cm³/mol. The number of thioether (sulfide) groups is 1. The van der Waals surface area contributed by atoms with Crippen LogP contribution < -0.4 is 5.73 Å². The van der Waals surface area contributed by atoms with E-state index in [2.05, 4.69) is 16.3 Å². The topological polar surface area (TPSA) is 83.8 Å². The molecule has 0 saturated carbocycles. The third-order valence-corrected chi connectivity index (χ3v) is 3.89. The summed E-state index contributed by atoms with van der Waals surface area (Å²) in [4.78, 5) is 0. The van der Waals surface area contributed by atoms with Crippen molar-refractivity contribution in [2.24, 2.45) is 15.9 Å². The molecule has 0 fully saturated rings. The van der Waals surface area contributed by atoms with Gasteiger partial charge in [0.05, 0.1) is 24.0 Å². The van der Waals surface area contributed by atoms with Gasteiger partial charge in [0.2, 0.25) is 0 Å². The number of nitrogens with zero attached hydrogens (tertiary/aromatic N) is 3. The fraction of sp³-hybridized carbons (Fsp3) is 0.400. The molecule has 5 nitrogen and oxygen atoms in total. The van der Waals surface area contributed by atoms with Crippen molar-refractivity contribution in [2.45, 2.75) is 25.9 Å². The number of amidine groups is 1. The van der Waals surface area contributed by atoms with Gasteiger partial charge in [-0.1, -0.05) is 23.9 Å². The van der Waals surface area contributed by atoms with E-state index in [1.54, 1.807) is 0 Å². The van der Waals surface area contributed by atoms with E-state index in [0.717, 1.165) is 42.9 Å². The molecule has 0 bridgehead atoms. The first-order valence-electron chi connectivity index (χ1n) is 6.86. The lowest BCUT2D eigenvalue weighted by Gasteiger charge is -2.09. The van der Waals surface area contributed by atoms with Crippen LogP contribution >= 0.6 is 28.7 Å². The Bertz CT molecular complexity index is 566. The SMILES string of the molecule is Br.N#Cc1ccc(COCCCCC2=NN=C(N)SC2)cc1. The van der Waals surface area contributed by atoms with Gasteiger partial charge in [0.25, 0.3) is 0 Å². The summed E-state index contributed by atoms with van der Waals surface area (Å²) in [5.41, 5.74) is 8.40. The summed E-state index contributed by atoms with van der Waals surface area (Å²) in [5, 5.41) is 17.2. The Hall–Kier alpha value is -1.36. The molecule has 2 rings (SSSR count). The molecule has 0 radical (unpaired) electrons. The minimum absolute atomic E-state index is 0. The first-order chi connectivity index (χ1) is 10.3. The molecule has 0 saturated heterocycles. The van der Waals surface area contributed by atoms with Crippen LogP contribution in [-0.4, -0.2) is 23.2 Å². The van der Waals surface area contributed by atoms with Crippen molar-refractivity contribution >= 4 is 39.6 Å². The fourth-order valence-corrected chi connectivity index (χ4v) is 2.47. The third-order valence-electron chi connectivity index (χ3n) is 3.03. The lowest BCUT2D eigenvalue weighted by Crippen LogP contribution is -2.15. The molecule has 0 atom stereocenters. The average Bonchev–Trinajstić information content (AvgIpc) is 2.53. The van der Waals surface area contributed by atoms with Gasteiger partial charge >= 0.3 is 0 Å². The zero-order valence-corrected chi connectivity index (χ0v) is 14.7. The lowest BCUT2D eigenvalue weighted by atomic mass is 10.1. The molecule has 7 heteroatoms. The quantitative estimate of drug-likeness (QED) is 0.733. The van der Waals surface area contributed by atoms with Crippen LogP contribution in [-0.2, 0) is 11.3 Å². The summed E-state index contributed by atoms with van der Waals surface area (Å²) < 4.78 is 5.62. The Morgan fingerprint density at radius 3 is 2.64 bits per heavy atom. The number of hydrogen-bond acceptors (Lipinski definition) is 6. The van der Waals surface area contributed by atoms with Gasteiger partial charge in [-0.15, -0.1) is 22.1 Å². The normalized spacial score (nSPS) is 13.6. The Morgan fingerprint density at radius 1 is 1.23 bits per heavy atom. The van der Waals surface area contributed by atoms with E-state index >= 15 is 0 Å². The largest absolute Gasteiger partial charge is 0.377 e. The molecule has 1 aromatic rings. The van der Waals surface area contributed by atoms with Crippen LogP contribution in [0.5, 0.6) is 0 Å². The van der Waals surface area contributed by atoms with Crippen LogP contribution in [0.25, 0.3) is 0 Å². The molecule has 2 N–H and O–H groups in total. The Kier molecular flexibility index (Phi) is 8.82. The second-order valence-electron chi connectivity index (χ2n) is 4.71. The van der Waals surface area contributed by atoms with Crippen molar-refractivity contribution in [1.29, 1.82) is 5.26 Å². The van der Waals surface area contributed by atoms with E-state index in [4.69, 9.17) is 15.7 Å². The van der Waals surface area contributed by atoms with Crippen LogP contribution in [0.1, 0.15) is 30.4 Å². The van der Waals surface area contributed by atoms with Crippen molar-refractivity contribution < 1.29 is 4.74 Å². The van der Waals surface area contributed by atoms with Crippen LogP contribution in [0.4, 0.5) is 0 Å². The highest BCUT2D eigenvalue weighted by molar-refractivity contribution is 8.93. The lowest BCUT2D eigenvalue weighted by molar-refractivity contribution is 0.117. The van der Waals surface area contributed by atoms with Gasteiger partial charge in [0.1, 0.15) is 0 Å². The van der Waals surface area contributed by atoms with Crippen molar-refractivity contribution in [1.82, 2.24) is 0 Å². The molecule has 1 aliphatic rings. The van der Waals surface area contributed by atoms with Crippen LogP contribution in [0, 0.1) is 11.3 Å². The minimum atomic E-state index is 0. The van der Waals surface area contributed by atoms with Gasteiger partial charge in [-0.3, -0.25) is 0 Å². The first kappa shape index (κ1) is 18.7. The fourth-order valence-electron chi connectivity index (χ4n) is 1.86. The second kappa shape index (κ2) is 10.4. The number of nitrogens with two attached hydrogens (primary N) is 1. The standard InChI is InChI=1S/C15H18N4OS.BrH/c16-9-12-4-6-13(7-5-12)10-20-8-2-1-3-14-11-21-15(17)19-18-14;/h4-7H,1-3,8,10-11H2,(H2,17,19);1H. The molecule has 22 heavy (non-hydrogen) atoms. The van der Waals surface area contributed by atoms with Crippen LogP contribution in [0.2, 0.25) is 0 Å². The monoisotopic (exact) mass is 382 g/mol. The van der Waals surface area contributed by atoms with E-state index in [9.17, 15) is 0 Å². The van der Waals surface area contributed by atoms with Gasteiger partial charge in [0.15, 0.2) is 5.17 Å². The van der Waals surface area contributed by atoms with Crippen molar-refractivity contribution in [2.75, 3.05) is 12.4 Å². The second-order valence-corrected chi connectivity index (χ2v) is 5.71. The minimum Gasteiger partial charge on any atom is -0.377 e. The average molecular weight is 383 g/mol. The summed E-state index contributed by atoms with van der Waals surface area (Å²) in [5.74, 6) is 0.849. The van der Waals surface area contributed by atoms with Gasteiger partial charge in [0, 0.05) is 12.4 Å². The zero-order chi connectivity index (χ0) is 14.9. The van der Waals surface area contributed by atoms with E-state index in [0.29, 0.717) is 17.3 Å². The number of halogens is 1. The van der Waals surface area contributed by atoms with E-state index in [1.807, 2.05) is 24.3 Å². The molecule has 1 aromatic carbocycles. The summed E-state index contributed by atoms with van der Waals surface area (Å²) in [6.07, 6.45) is 2.99. The van der Waals surface area contributed by atoms with E-state index in [1.165, 1.54) is 11.8 Å². The third kappa shape index (κ3) is 6.60. The summed E-state index contributed by atoms with van der Waals surface area (Å²) in [6.45, 7) is 1.31. The molecular formula is C15H19BrN4OS. The highest BCUT2D eigenvalue weighted by Crippen LogP contribution is 2.12. The van der Waals surface area contributed by atoms with E-state index in [-0.39, 0.29) is 17.0 Å². The molecule has 1 aliphatic heterocycles. The van der Waals surface area contributed by atoms with Crippen molar-refractivity contribution in [3.63, 3.8) is 0 Å². The molecule has 0 unspecified atom stereocenters. The molecule has 1 heterocycles. The number of benzene rings is 1. The maximum absolute atomic E-state index is 8.72. The van der Waals surface area contributed by atoms with Crippen molar-refractivity contribution in [3.8, 4) is 6.07 Å². The van der Waals surface area contributed by atoms with Gasteiger partial charge in [-0.2, -0.15) is 10.4 Å². The maximum atomic E-state index is 8.72. The number of hydrogen-bond donors (Lipinski definition) is 1. The first-order valence-corrected chi connectivity index (χ1v) is 7.85. The summed E-state index contributed by atoms with van der Waals surface area (Å²) in [6, 6.07) is 9.57. The smallest absolute Gasteiger partial charge is 0.180 e. The number of rotatable bonds is 7. The van der Waals surface area contributed by atoms with Gasteiger partial charge in [-0.05, 0) is 37.0 Å². The Labute approximate surface area is 145 Å². The summed E-state index contributed by atoms with van der Waals surface area (Å²) in [7, 11) is 0. The molecule has 0 spiro atoms. The van der Waals surface area contributed by atoms with Crippen LogP contribution in [0.15, 0.2) is 34.5 Å². The van der Waals surface area contributed by atoms with Gasteiger partial charge < -0.3 is 10.5 Å². The number of unbranched alkanes of at least 4 members (excludes halogenated alkanes) is 1. The van der Waals surface area contributed by atoms with E-state index < -0.39 is 0 Å². The number of ether oxygens (including phenoxy) is 1. The Balaban J connectivity index is 0.00000242. The molecular weight excluding hydrogens is 364 g/mol. The molecule has 0 aromatic heterocycles. The molecule has 0 aliphatic carbocycles. The predicted octanol–water partition coefficient (Wildman–Crippen LogP) is 3.24. The maximum Gasteiger partial charge on any atom is 0.180 e. The molecule has 118 valence electrons. The molecule has 0 amide bonds. The highest BCUT2D eigenvalue weighted by Gasteiger charge is 2.07. The highest BCUT2D eigenvalue weighted by atomic mass is 79.9. The number of nitriles is 1.